The molecular weight excluding hydrogens is 442 g/mol. The number of hydrogen-bond donors (Lipinski definition) is 0. The standard InChI is InChI=1S/C10H7N7O14/c18-11(19)8-2-6(4-9(12(20)21,13(22)23)14(24)25)1-7(3-8)5-10(15(26)27,16(28)29)17(30)31/h1-3H,4-5H2. The van der Waals surface area contributed by atoms with Crippen LogP contribution < -0.4 is 0 Å². The van der Waals surface area contributed by atoms with Gasteiger partial charge in [-0.15, -0.1) is 0 Å². The minimum Gasteiger partial charge on any atom is -0.258 e. The summed E-state index contributed by atoms with van der Waals surface area (Å²) in [6.45, 7) is 0. The zero-order valence-electron chi connectivity index (χ0n) is 14.5. The average molecular weight is 449 g/mol. The number of benzene rings is 1. The first-order valence-electron chi connectivity index (χ1n) is 7.27. The van der Waals surface area contributed by atoms with Gasteiger partial charge >= 0.3 is 11.6 Å². The van der Waals surface area contributed by atoms with Gasteiger partial charge in [-0.1, -0.05) is 6.07 Å². The SMILES string of the molecule is O=[N+]([O-])c1cc(CC([N+](=O)[O-])([N+](=O)[O-])[N+](=O)[O-])cc(CC([N+](=O)[O-])([N+](=O)[O-])[N+](=O)[O-])c1. The van der Waals surface area contributed by atoms with Crippen LogP contribution in [0, 0.1) is 70.8 Å². The minimum atomic E-state index is -4.13. The first-order valence-corrected chi connectivity index (χ1v) is 7.27. The maximum atomic E-state index is 11.0. The number of non-ortho nitro benzene ring substituents is 1. The first kappa shape index (κ1) is 24.1. The van der Waals surface area contributed by atoms with E-state index in [-0.39, 0.29) is 0 Å². The smallest absolute Gasteiger partial charge is 0.258 e. The van der Waals surface area contributed by atoms with Crippen LogP contribution in [0.1, 0.15) is 11.1 Å². The molecule has 0 aliphatic rings. The molecule has 0 atom stereocenters. The molecule has 31 heavy (non-hydrogen) atoms. The highest BCUT2D eigenvalue weighted by Gasteiger charge is 2.71. The van der Waals surface area contributed by atoms with Crippen molar-refractivity contribution >= 4 is 5.69 Å². The Labute approximate surface area is 165 Å². The third-order valence-corrected chi connectivity index (χ3v) is 3.89. The molecule has 1 aromatic carbocycles. The van der Waals surface area contributed by atoms with Gasteiger partial charge in [-0.05, 0) is 11.1 Å². The molecule has 0 amide bonds. The predicted molar refractivity (Wildman–Crippen MR) is 87.9 cm³/mol. The number of nitro groups is 7. The summed E-state index contributed by atoms with van der Waals surface area (Å²) in [6, 6.07) is 1.26. The van der Waals surface area contributed by atoms with Crippen LogP contribution in [0.2, 0.25) is 0 Å². The molecule has 0 aliphatic heterocycles. The fraction of sp³-hybridized carbons (Fsp3) is 0.400. The molecule has 0 fully saturated rings. The highest BCUT2D eigenvalue weighted by molar-refractivity contribution is 5.40. The van der Waals surface area contributed by atoms with E-state index in [0.29, 0.717) is 18.2 Å². The van der Waals surface area contributed by atoms with E-state index in [9.17, 15) is 70.8 Å². The molecule has 0 N–H and O–H groups in total. The van der Waals surface area contributed by atoms with Crippen molar-refractivity contribution in [3.05, 3.63) is 100 Å². The van der Waals surface area contributed by atoms with Crippen molar-refractivity contribution in [1.82, 2.24) is 0 Å². The molecule has 0 saturated heterocycles. The summed E-state index contributed by atoms with van der Waals surface area (Å²) in [5, 5.41) is 77.2. The zero-order chi connectivity index (χ0) is 24.3. The van der Waals surface area contributed by atoms with Gasteiger partial charge < -0.3 is 0 Å². The average Bonchev–Trinajstić information content (AvgIpc) is 2.62. The van der Waals surface area contributed by atoms with Crippen LogP contribution in [0.25, 0.3) is 0 Å². The summed E-state index contributed by atoms with van der Waals surface area (Å²) < 4.78 is 0. The Morgan fingerprint density at radius 2 is 0.774 bits per heavy atom. The second kappa shape index (κ2) is 8.18. The van der Waals surface area contributed by atoms with Gasteiger partial charge in [-0.3, -0.25) is 70.8 Å². The molecule has 0 bridgehead atoms. The fourth-order valence-corrected chi connectivity index (χ4v) is 2.39. The third kappa shape index (κ3) is 4.08. The Balaban J connectivity index is 3.74. The Morgan fingerprint density at radius 3 is 0.968 bits per heavy atom. The van der Waals surface area contributed by atoms with Crippen LogP contribution in [0.5, 0.6) is 0 Å². The number of nitro benzene ring substituents is 1. The summed E-state index contributed by atoms with van der Waals surface area (Å²) in [7, 11) is 0. The lowest BCUT2D eigenvalue weighted by Gasteiger charge is -2.11. The number of rotatable bonds is 11. The molecule has 0 radical (unpaired) electrons. The van der Waals surface area contributed by atoms with E-state index in [1.54, 1.807) is 0 Å². The second-order valence-corrected chi connectivity index (χ2v) is 5.71. The van der Waals surface area contributed by atoms with Gasteiger partial charge in [0, 0.05) is 12.1 Å². The van der Waals surface area contributed by atoms with Gasteiger partial charge in [0.05, 0.1) is 4.92 Å². The largest absolute Gasteiger partial charge is 0.703 e. The first-order chi connectivity index (χ1) is 14.1. The molecule has 0 unspecified atom stereocenters. The normalized spacial score (nSPS) is 11.4. The lowest BCUT2D eigenvalue weighted by molar-refractivity contribution is -0.969. The summed E-state index contributed by atoms with van der Waals surface area (Å²) >= 11 is 0. The number of nitrogens with zero attached hydrogens (tertiary/aromatic N) is 7. The van der Waals surface area contributed by atoms with Crippen LogP contribution in [0.15, 0.2) is 18.2 Å². The Morgan fingerprint density at radius 1 is 0.516 bits per heavy atom. The quantitative estimate of drug-likeness (QED) is 0.237. The zero-order valence-corrected chi connectivity index (χ0v) is 14.5. The van der Waals surface area contributed by atoms with E-state index in [2.05, 4.69) is 0 Å². The molecule has 166 valence electrons. The van der Waals surface area contributed by atoms with Gasteiger partial charge in [0.15, 0.2) is 42.4 Å². The third-order valence-electron chi connectivity index (χ3n) is 3.89. The monoisotopic (exact) mass is 449 g/mol. The number of hydrogen-bond acceptors (Lipinski definition) is 14. The van der Waals surface area contributed by atoms with Crippen LogP contribution in [0.4, 0.5) is 5.69 Å². The molecule has 0 spiro atoms. The molecule has 1 rings (SSSR count). The Bertz CT molecular complexity index is 878. The molecular formula is C10H7N7O14. The van der Waals surface area contributed by atoms with Crippen LogP contribution in [-0.2, 0) is 12.8 Å². The van der Waals surface area contributed by atoms with Crippen molar-refractivity contribution in [2.45, 2.75) is 24.4 Å². The van der Waals surface area contributed by atoms with Gasteiger partial charge in [0.25, 0.3) is 5.69 Å². The van der Waals surface area contributed by atoms with E-state index >= 15 is 0 Å². The lowest BCUT2D eigenvalue weighted by Crippen LogP contribution is -2.55. The van der Waals surface area contributed by atoms with Crippen molar-refractivity contribution in [3.63, 3.8) is 0 Å². The Kier molecular flexibility index (Phi) is 6.34. The highest BCUT2D eigenvalue weighted by Crippen LogP contribution is 2.27. The molecule has 0 aromatic heterocycles. The second-order valence-electron chi connectivity index (χ2n) is 5.71. The summed E-state index contributed by atoms with van der Waals surface area (Å²) in [6.07, 6.45) is -3.45. The van der Waals surface area contributed by atoms with Gasteiger partial charge in [0.1, 0.15) is 0 Å². The van der Waals surface area contributed by atoms with E-state index in [0.717, 1.165) is 0 Å². The maximum Gasteiger partial charge on any atom is 0.703 e. The summed E-state index contributed by atoms with van der Waals surface area (Å²) in [5.74, 6) is -8.25. The highest BCUT2D eigenvalue weighted by atomic mass is 16.7. The summed E-state index contributed by atoms with van der Waals surface area (Å²) in [4.78, 5) is 64.6. The van der Waals surface area contributed by atoms with Crippen molar-refractivity contribution in [2.75, 3.05) is 0 Å². The Hall–Kier alpha value is -4.98. The minimum absolute atomic E-state index is 0.404. The predicted octanol–water partition coefficient (Wildman–Crippen LogP) is -0.352. The van der Waals surface area contributed by atoms with Gasteiger partial charge in [-0.2, -0.15) is 0 Å². The topological polar surface area (TPSA) is 302 Å². The van der Waals surface area contributed by atoms with Gasteiger partial charge in [0.2, 0.25) is 0 Å². The van der Waals surface area contributed by atoms with Crippen molar-refractivity contribution in [2.24, 2.45) is 0 Å². The van der Waals surface area contributed by atoms with Crippen LogP contribution >= 0.6 is 0 Å². The molecule has 21 nitrogen and oxygen atoms in total. The fourth-order valence-electron chi connectivity index (χ4n) is 2.39. The molecule has 0 aliphatic carbocycles. The van der Waals surface area contributed by atoms with Crippen molar-refractivity contribution in [3.8, 4) is 0 Å². The summed E-state index contributed by atoms with van der Waals surface area (Å²) in [5.41, 5.74) is -2.85. The van der Waals surface area contributed by atoms with Crippen LogP contribution in [0.3, 0.4) is 0 Å². The lowest BCUT2D eigenvalue weighted by atomic mass is 9.99. The van der Waals surface area contributed by atoms with E-state index in [4.69, 9.17) is 0 Å². The van der Waals surface area contributed by atoms with Gasteiger partial charge in [-0.25, -0.2) is 0 Å². The van der Waals surface area contributed by atoms with E-state index in [1.807, 2.05) is 0 Å². The van der Waals surface area contributed by atoms with E-state index in [1.165, 1.54) is 0 Å². The maximum absolute atomic E-state index is 11.0. The molecule has 1 aromatic rings. The van der Waals surface area contributed by atoms with Crippen molar-refractivity contribution < 1.29 is 34.5 Å². The van der Waals surface area contributed by atoms with Crippen LogP contribution in [-0.4, -0.2) is 46.0 Å². The van der Waals surface area contributed by atoms with Crippen molar-refractivity contribution in [1.29, 1.82) is 0 Å². The molecule has 0 saturated carbocycles. The molecule has 21 heteroatoms. The molecule has 0 heterocycles. The van der Waals surface area contributed by atoms with E-state index < -0.39 is 75.7 Å².